The largest absolute Gasteiger partial charge is 0.454 e. The fourth-order valence-electron chi connectivity index (χ4n) is 4.71. The van der Waals surface area contributed by atoms with Crippen LogP contribution in [0.3, 0.4) is 0 Å². The van der Waals surface area contributed by atoms with Gasteiger partial charge < -0.3 is 14.4 Å². The minimum atomic E-state index is 0.196. The first-order valence-corrected chi connectivity index (χ1v) is 11.1. The van der Waals surface area contributed by atoms with Gasteiger partial charge in [-0.2, -0.15) is 0 Å². The Morgan fingerprint density at radius 2 is 1.97 bits per heavy atom. The van der Waals surface area contributed by atoms with E-state index in [1.165, 1.54) is 12.0 Å². The standard InChI is InChI=1S/C21H29N7O3/c29-21(5-7-28-15-22-23-24-28)27-6-1-2-18(14-27)26-10-8-25(9-11-26)13-17-3-4-19-20(12-17)31-16-30-19/h3-4,12,15,18H,1-2,5-11,13-14,16H2/t18-/m1/s1. The van der Waals surface area contributed by atoms with E-state index in [1.54, 1.807) is 11.0 Å². The number of aromatic nitrogens is 4. The number of hydrogen-bond donors (Lipinski definition) is 0. The molecule has 0 bridgehead atoms. The molecule has 4 heterocycles. The monoisotopic (exact) mass is 427 g/mol. The lowest BCUT2D eigenvalue weighted by atomic mass is 10.0. The van der Waals surface area contributed by atoms with Gasteiger partial charge in [0.2, 0.25) is 12.7 Å². The predicted molar refractivity (Wildman–Crippen MR) is 111 cm³/mol. The van der Waals surface area contributed by atoms with Gasteiger partial charge >= 0.3 is 0 Å². The van der Waals surface area contributed by atoms with E-state index in [9.17, 15) is 4.79 Å². The Bertz CT molecular complexity index is 883. The van der Waals surface area contributed by atoms with Crippen LogP contribution >= 0.6 is 0 Å². The number of nitrogens with zero attached hydrogens (tertiary/aromatic N) is 7. The number of piperazine rings is 1. The number of amides is 1. The molecule has 1 aromatic carbocycles. The van der Waals surface area contributed by atoms with Crippen molar-refractivity contribution in [2.45, 2.75) is 38.4 Å². The number of hydrogen-bond acceptors (Lipinski definition) is 8. The van der Waals surface area contributed by atoms with Crippen LogP contribution in [0.1, 0.15) is 24.8 Å². The molecule has 0 N–H and O–H groups in total. The van der Waals surface area contributed by atoms with Gasteiger partial charge in [0.05, 0.1) is 6.54 Å². The quantitative estimate of drug-likeness (QED) is 0.662. The van der Waals surface area contributed by atoms with Crippen LogP contribution in [-0.4, -0.2) is 92.9 Å². The third-order valence-corrected chi connectivity index (χ3v) is 6.46. The molecule has 0 aliphatic carbocycles. The molecule has 3 aliphatic rings. The van der Waals surface area contributed by atoms with Crippen molar-refractivity contribution in [2.24, 2.45) is 0 Å². The number of aryl methyl sites for hydroxylation is 1. The first-order chi connectivity index (χ1) is 15.2. The maximum atomic E-state index is 12.7. The van der Waals surface area contributed by atoms with Crippen molar-refractivity contribution < 1.29 is 14.3 Å². The highest BCUT2D eigenvalue weighted by Crippen LogP contribution is 2.33. The average molecular weight is 428 g/mol. The second-order valence-electron chi connectivity index (χ2n) is 8.46. The van der Waals surface area contributed by atoms with Gasteiger partial charge in [-0.05, 0) is 41.0 Å². The molecule has 1 amide bonds. The number of carbonyl (C=O) groups is 1. The van der Waals surface area contributed by atoms with E-state index in [4.69, 9.17) is 9.47 Å². The van der Waals surface area contributed by atoms with Crippen molar-refractivity contribution in [3.63, 3.8) is 0 Å². The molecule has 166 valence electrons. The summed E-state index contributed by atoms with van der Waals surface area (Å²) in [5.74, 6) is 1.88. The average Bonchev–Trinajstić information content (AvgIpc) is 3.50. The fourth-order valence-corrected chi connectivity index (χ4v) is 4.71. The highest BCUT2D eigenvalue weighted by molar-refractivity contribution is 5.76. The number of benzene rings is 1. The topological polar surface area (TPSA) is 88.9 Å². The highest BCUT2D eigenvalue weighted by Gasteiger charge is 2.30. The smallest absolute Gasteiger partial charge is 0.231 e. The van der Waals surface area contributed by atoms with Crippen LogP contribution in [0.2, 0.25) is 0 Å². The summed E-state index contributed by atoms with van der Waals surface area (Å²) in [6.45, 7) is 7.63. The van der Waals surface area contributed by atoms with Gasteiger partial charge in [0.25, 0.3) is 0 Å². The van der Waals surface area contributed by atoms with E-state index < -0.39 is 0 Å². The molecular weight excluding hydrogens is 398 g/mol. The maximum absolute atomic E-state index is 12.7. The molecule has 0 saturated carbocycles. The second-order valence-corrected chi connectivity index (χ2v) is 8.46. The molecule has 5 rings (SSSR count). The third-order valence-electron chi connectivity index (χ3n) is 6.46. The van der Waals surface area contributed by atoms with Gasteiger partial charge in [0.1, 0.15) is 6.33 Å². The lowest BCUT2D eigenvalue weighted by Gasteiger charge is -2.43. The molecular formula is C21H29N7O3. The molecule has 10 heteroatoms. The van der Waals surface area contributed by atoms with Crippen LogP contribution in [0.5, 0.6) is 11.5 Å². The number of ether oxygens (including phenoxy) is 2. The summed E-state index contributed by atoms with van der Waals surface area (Å²) in [7, 11) is 0. The summed E-state index contributed by atoms with van der Waals surface area (Å²) in [4.78, 5) is 19.7. The molecule has 3 aliphatic heterocycles. The number of piperidine rings is 1. The molecule has 2 fully saturated rings. The third kappa shape index (κ3) is 4.80. The number of fused-ring (bicyclic) bond motifs is 1. The SMILES string of the molecule is O=C(CCn1cnnn1)N1CCC[C@@H](N2CCN(Cc3ccc4c(c3)OCO4)CC2)C1. The Morgan fingerprint density at radius 1 is 1.10 bits per heavy atom. The molecule has 0 unspecified atom stereocenters. The van der Waals surface area contributed by atoms with E-state index in [2.05, 4.69) is 37.5 Å². The Morgan fingerprint density at radius 3 is 2.81 bits per heavy atom. The number of carbonyl (C=O) groups excluding carboxylic acids is 1. The summed E-state index contributed by atoms with van der Waals surface area (Å²) in [5.41, 5.74) is 1.26. The van der Waals surface area contributed by atoms with Gasteiger partial charge in [0, 0.05) is 58.3 Å². The second kappa shape index (κ2) is 9.19. The first kappa shape index (κ1) is 20.2. The van der Waals surface area contributed by atoms with Crippen LogP contribution in [0.4, 0.5) is 0 Å². The maximum Gasteiger partial charge on any atom is 0.231 e. The van der Waals surface area contributed by atoms with E-state index in [-0.39, 0.29) is 5.91 Å². The van der Waals surface area contributed by atoms with Gasteiger partial charge in [0.15, 0.2) is 11.5 Å². The Hall–Kier alpha value is -2.72. The van der Waals surface area contributed by atoms with Crippen molar-refractivity contribution in [1.29, 1.82) is 0 Å². The Balaban J connectivity index is 1.09. The summed E-state index contributed by atoms with van der Waals surface area (Å²) >= 11 is 0. The molecule has 31 heavy (non-hydrogen) atoms. The fraction of sp³-hybridized carbons (Fsp3) is 0.619. The van der Waals surface area contributed by atoms with E-state index >= 15 is 0 Å². The zero-order valence-corrected chi connectivity index (χ0v) is 17.7. The minimum Gasteiger partial charge on any atom is -0.454 e. The summed E-state index contributed by atoms with van der Waals surface area (Å²) in [6.07, 6.45) is 4.23. The van der Waals surface area contributed by atoms with Gasteiger partial charge in [-0.25, -0.2) is 4.68 Å². The summed E-state index contributed by atoms with van der Waals surface area (Å²) < 4.78 is 12.5. The molecule has 0 spiro atoms. The van der Waals surface area contributed by atoms with Gasteiger partial charge in [-0.3, -0.25) is 14.6 Å². The Labute approximate surface area is 181 Å². The van der Waals surface area contributed by atoms with Gasteiger partial charge in [-0.15, -0.1) is 5.10 Å². The number of tetrazole rings is 1. The normalized spacial score (nSPS) is 22.1. The van der Waals surface area contributed by atoms with E-state index in [0.717, 1.165) is 63.7 Å². The van der Waals surface area contributed by atoms with Crippen molar-refractivity contribution >= 4 is 5.91 Å². The zero-order valence-electron chi connectivity index (χ0n) is 17.7. The Kier molecular flexibility index (Phi) is 5.99. The summed E-state index contributed by atoms with van der Waals surface area (Å²) in [5, 5.41) is 11.1. The molecule has 1 atom stereocenters. The van der Waals surface area contributed by atoms with Gasteiger partial charge in [-0.1, -0.05) is 6.07 Å². The predicted octanol–water partition coefficient (Wildman–Crippen LogP) is 0.601. The molecule has 10 nitrogen and oxygen atoms in total. The molecule has 1 aromatic heterocycles. The summed E-state index contributed by atoms with van der Waals surface area (Å²) in [6, 6.07) is 6.67. The van der Waals surface area contributed by atoms with Crippen molar-refractivity contribution in [3.8, 4) is 11.5 Å². The first-order valence-electron chi connectivity index (χ1n) is 11.1. The lowest BCUT2D eigenvalue weighted by Crippen LogP contribution is -2.55. The number of rotatable bonds is 6. The highest BCUT2D eigenvalue weighted by atomic mass is 16.7. The number of likely N-dealkylation sites (tertiary alicyclic amines) is 1. The molecule has 2 saturated heterocycles. The minimum absolute atomic E-state index is 0.196. The van der Waals surface area contributed by atoms with Crippen LogP contribution < -0.4 is 9.47 Å². The van der Waals surface area contributed by atoms with E-state index in [0.29, 0.717) is 25.8 Å². The van der Waals surface area contributed by atoms with Crippen LogP contribution in [0, 0.1) is 0 Å². The van der Waals surface area contributed by atoms with Crippen LogP contribution in [0.15, 0.2) is 24.5 Å². The van der Waals surface area contributed by atoms with E-state index in [1.807, 2.05) is 11.0 Å². The van der Waals surface area contributed by atoms with Crippen molar-refractivity contribution in [2.75, 3.05) is 46.1 Å². The van der Waals surface area contributed by atoms with Crippen LogP contribution in [0.25, 0.3) is 0 Å². The lowest BCUT2D eigenvalue weighted by molar-refractivity contribution is -0.133. The van der Waals surface area contributed by atoms with Crippen LogP contribution in [-0.2, 0) is 17.9 Å². The van der Waals surface area contributed by atoms with Crippen molar-refractivity contribution in [1.82, 2.24) is 34.9 Å². The molecule has 2 aromatic rings. The zero-order chi connectivity index (χ0) is 21.0. The molecule has 0 radical (unpaired) electrons. The van der Waals surface area contributed by atoms with Crippen molar-refractivity contribution in [3.05, 3.63) is 30.1 Å².